The molecule has 2 aliphatic rings. The Kier molecular flexibility index (Phi) is 7.52. The molecule has 28 heavy (non-hydrogen) atoms. The van der Waals surface area contributed by atoms with Gasteiger partial charge in [0.1, 0.15) is 6.42 Å². The van der Waals surface area contributed by atoms with E-state index in [1.54, 1.807) is 18.2 Å². The lowest BCUT2D eigenvalue weighted by atomic mass is 9.84. The minimum absolute atomic E-state index is 0.0506. The standard InChI is InChI=1S/C21H28ClFN4O/c22-18-2-1-3-19(21(18)23)27-14-12-26(13-15-27)11-9-16-4-6-17(7-5-16)25-20(28)8-10-24/h1-3,16-17H,4-9,11-15H2,(H,25,28)/t16-,17-. The number of amides is 1. The van der Waals surface area contributed by atoms with Crippen LogP contribution in [0.3, 0.4) is 0 Å². The monoisotopic (exact) mass is 406 g/mol. The molecule has 2 fully saturated rings. The second-order valence-corrected chi connectivity index (χ2v) is 8.22. The van der Waals surface area contributed by atoms with Gasteiger partial charge in [-0.15, -0.1) is 0 Å². The van der Waals surface area contributed by atoms with E-state index < -0.39 is 0 Å². The van der Waals surface area contributed by atoms with Gasteiger partial charge in [0, 0.05) is 32.2 Å². The second kappa shape index (κ2) is 10.1. The minimum Gasteiger partial charge on any atom is -0.367 e. The average molecular weight is 407 g/mol. The van der Waals surface area contributed by atoms with Crippen LogP contribution < -0.4 is 10.2 Å². The number of hydrogen-bond donors (Lipinski definition) is 1. The number of halogens is 2. The summed E-state index contributed by atoms with van der Waals surface area (Å²) in [6.07, 6.45) is 5.39. The van der Waals surface area contributed by atoms with Gasteiger partial charge in [0.15, 0.2) is 5.82 Å². The molecule has 0 spiro atoms. The number of anilines is 1. The predicted molar refractivity (Wildman–Crippen MR) is 109 cm³/mol. The third-order valence-corrected chi connectivity index (χ3v) is 6.24. The van der Waals surface area contributed by atoms with Crippen LogP contribution in [0.1, 0.15) is 38.5 Å². The van der Waals surface area contributed by atoms with E-state index in [4.69, 9.17) is 16.9 Å². The number of rotatable bonds is 6. The normalized spacial score (nSPS) is 23.2. The fourth-order valence-electron chi connectivity index (χ4n) is 4.26. The van der Waals surface area contributed by atoms with Crippen molar-refractivity contribution in [3.8, 4) is 6.07 Å². The number of hydrogen-bond acceptors (Lipinski definition) is 4. The van der Waals surface area contributed by atoms with Gasteiger partial charge >= 0.3 is 0 Å². The molecule has 0 bridgehead atoms. The van der Waals surface area contributed by atoms with Crippen molar-refractivity contribution in [1.29, 1.82) is 5.26 Å². The van der Waals surface area contributed by atoms with Gasteiger partial charge in [-0.05, 0) is 56.7 Å². The number of benzene rings is 1. The van der Waals surface area contributed by atoms with Gasteiger partial charge in [0.2, 0.25) is 5.91 Å². The Bertz CT molecular complexity index is 707. The van der Waals surface area contributed by atoms with E-state index in [0.29, 0.717) is 11.6 Å². The number of nitrogens with zero attached hydrogens (tertiary/aromatic N) is 3. The predicted octanol–water partition coefficient (Wildman–Crippen LogP) is 3.58. The van der Waals surface area contributed by atoms with E-state index in [9.17, 15) is 9.18 Å². The molecule has 1 amide bonds. The molecule has 1 N–H and O–H groups in total. The summed E-state index contributed by atoms with van der Waals surface area (Å²) in [7, 11) is 0. The van der Waals surface area contributed by atoms with Crippen LogP contribution in [0.25, 0.3) is 0 Å². The first-order chi connectivity index (χ1) is 13.6. The third-order valence-electron chi connectivity index (χ3n) is 5.95. The van der Waals surface area contributed by atoms with Crippen molar-refractivity contribution in [3.05, 3.63) is 29.0 Å². The topological polar surface area (TPSA) is 59.4 Å². The van der Waals surface area contributed by atoms with E-state index in [-0.39, 0.29) is 29.2 Å². The highest BCUT2D eigenvalue weighted by molar-refractivity contribution is 6.31. The zero-order valence-electron chi connectivity index (χ0n) is 16.2. The van der Waals surface area contributed by atoms with Crippen LogP contribution in [-0.2, 0) is 4.79 Å². The van der Waals surface area contributed by atoms with Crippen LogP contribution in [0.2, 0.25) is 5.02 Å². The summed E-state index contributed by atoms with van der Waals surface area (Å²) in [4.78, 5) is 16.1. The largest absolute Gasteiger partial charge is 0.367 e. The van der Waals surface area contributed by atoms with Crippen molar-refractivity contribution < 1.29 is 9.18 Å². The Balaban J connectivity index is 1.36. The molecule has 7 heteroatoms. The summed E-state index contributed by atoms with van der Waals surface area (Å²) < 4.78 is 14.2. The zero-order valence-corrected chi connectivity index (χ0v) is 16.9. The summed E-state index contributed by atoms with van der Waals surface area (Å²) >= 11 is 5.90. The van der Waals surface area contributed by atoms with E-state index >= 15 is 0 Å². The third kappa shape index (κ3) is 5.59. The lowest BCUT2D eigenvalue weighted by Gasteiger charge is -2.37. The zero-order chi connectivity index (χ0) is 19.9. The van der Waals surface area contributed by atoms with Crippen molar-refractivity contribution in [2.45, 2.75) is 44.6 Å². The smallest absolute Gasteiger partial charge is 0.234 e. The Hall–Kier alpha value is -1.84. The molecule has 1 aliphatic heterocycles. The number of nitriles is 1. The molecule has 0 radical (unpaired) electrons. The van der Waals surface area contributed by atoms with E-state index in [1.165, 1.54) is 6.42 Å². The van der Waals surface area contributed by atoms with Gasteiger partial charge in [-0.25, -0.2) is 4.39 Å². The molecular weight excluding hydrogens is 379 g/mol. The fourth-order valence-corrected chi connectivity index (χ4v) is 4.43. The molecule has 5 nitrogen and oxygen atoms in total. The van der Waals surface area contributed by atoms with Crippen LogP contribution in [0.5, 0.6) is 0 Å². The Labute approximate surface area is 171 Å². The van der Waals surface area contributed by atoms with Crippen molar-refractivity contribution in [1.82, 2.24) is 10.2 Å². The molecular formula is C21H28ClFN4O. The van der Waals surface area contributed by atoms with Crippen molar-refractivity contribution in [2.75, 3.05) is 37.6 Å². The summed E-state index contributed by atoms with van der Waals surface area (Å²) in [5.41, 5.74) is 0.601. The number of piperazine rings is 1. The first-order valence-corrected chi connectivity index (χ1v) is 10.5. The van der Waals surface area contributed by atoms with Gasteiger partial charge < -0.3 is 10.2 Å². The Morgan fingerprint density at radius 1 is 1.21 bits per heavy atom. The summed E-state index contributed by atoms with van der Waals surface area (Å²) in [6, 6.07) is 7.30. The molecule has 0 unspecified atom stereocenters. The van der Waals surface area contributed by atoms with Gasteiger partial charge in [-0.2, -0.15) is 5.26 Å². The van der Waals surface area contributed by atoms with Crippen molar-refractivity contribution in [2.24, 2.45) is 5.92 Å². The Morgan fingerprint density at radius 2 is 1.93 bits per heavy atom. The molecule has 3 rings (SSSR count). The molecule has 1 aromatic carbocycles. The molecule has 1 saturated heterocycles. The van der Waals surface area contributed by atoms with Gasteiger partial charge in [-0.3, -0.25) is 9.69 Å². The Morgan fingerprint density at radius 3 is 2.61 bits per heavy atom. The van der Waals surface area contributed by atoms with E-state index in [0.717, 1.165) is 58.4 Å². The quantitative estimate of drug-likeness (QED) is 0.784. The molecule has 152 valence electrons. The highest BCUT2D eigenvalue weighted by atomic mass is 35.5. The lowest BCUT2D eigenvalue weighted by molar-refractivity contribution is -0.121. The van der Waals surface area contributed by atoms with Crippen LogP contribution >= 0.6 is 11.6 Å². The maximum absolute atomic E-state index is 14.2. The lowest BCUT2D eigenvalue weighted by Crippen LogP contribution is -2.47. The number of nitrogens with one attached hydrogen (secondary N) is 1. The number of carbonyl (C=O) groups excluding carboxylic acids is 1. The van der Waals surface area contributed by atoms with Crippen molar-refractivity contribution in [3.63, 3.8) is 0 Å². The van der Waals surface area contributed by atoms with E-state index in [1.807, 2.05) is 6.07 Å². The summed E-state index contributed by atoms with van der Waals surface area (Å²) in [5, 5.41) is 11.7. The van der Waals surface area contributed by atoms with Crippen LogP contribution in [-0.4, -0.2) is 49.6 Å². The van der Waals surface area contributed by atoms with Gasteiger partial charge in [-0.1, -0.05) is 17.7 Å². The molecule has 0 aromatic heterocycles. The van der Waals surface area contributed by atoms with Gasteiger partial charge in [0.05, 0.1) is 16.8 Å². The molecule has 0 atom stereocenters. The molecule has 1 aromatic rings. The first kappa shape index (κ1) is 20.9. The maximum atomic E-state index is 14.2. The fraction of sp³-hybridized carbons (Fsp3) is 0.619. The molecule has 1 saturated carbocycles. The molecule has 1 heterocycles. The van der Waals surface area contributed by atoms with Crippen LogP contribution in [0.15, 0.2) is 18.2 Å². The highest BCUT2D eigenvalue weighted by Crippen LogP contribution is 2.28. The van der Waals surface area contributed by atoms with Crippen LogP contribution in [0, 0.1) is 23.1 Å². The SMILES string of the molecule is N#CCC(=O)N[C@H]1CC[C@H](CCN2CCN(c3cccc(Cl)c3F)CC2)CC1. The summed E-state index contributed by atoms with van der Waals surface area (Å²) in [6.45, 7) is 4.57. The van der Waals surface area contributed by atoms with Crippen molar-refractivity contribution >= 4 is 23.2 Å². The first-order valence-electron chi connectivity index (χ1n) is 10.1. The molecule has 1 aliphatic carbocycles. The van der Waals surface area contributed by atoms with Crippen LogP contribution in [0.4, 0.5) is 10.1 Å². The maximum Gasteiger partial charge on any atom is 0.234 e. The highest BCUT2D eigenvalue weighted by Gasteiger charge is 2.24. The minimum atomic E-state index is -0.323. The second-order valence-electron chi connectivity index (χ2n) is 7.81. The van der Waals surface area contributed by atoms with Gasteiger partial charge in [0.25, 0.3) is 0 Å². The van der Waals surface area contributed by atoms with E-state index in [2.05, 4.69) is 15.1 Å². The summed E-state index contributed by atoms with van der Waals surface area (Å²) in [5.74, 6) is 0.226. The number of carbonyl (C=O) groups is 1. The average Bonchev–Trinajstić information content (AvgIpc) is 2.70.